The standard InChI is InChI=1S/C19H24N4O4/c1-19(2,3)23-16(25)13-5-4-12(10-14(13)17(23)26)21-18(27)22-8-6-11(7-9-22)15(20)24/h4-5,10-11H,6-9H2,1-3H3,(H2,20,24)(H,21,27). The zero-order chi connectivity index (χ0) is 19.9. The number of rotatable bonds is 2. The third kappa shape index (κ3) is 3.51. The Morgan fingerprint density at radius 2 is 1.67 bits per heavy atom. The monoisotopic (exact) mass is 372 g/mol. The number of benzene rings is 1. The average Bonchev–Trinajstić information content (AvgIpc) is 2.85. The third-order valence-corrected chi connectivity index (χ3v) is 4.99. The second-order valence-electron chi connectivity index (χ2n) is 7.97. The Bertz CT molecular complexity index is 819. The van der Waals surface area contributed by atoms with Crippen LogP contribution >= 0.6 is 0 Å². The Morgan fingerprint density at radius 1 is 1.07 bits per heavy atom. The number of urea groups is 1. The summed E-state index contributed by atoms with van der Waals surface area (Å²) in [5.74, 6) is -1.21. The lowest BCUT2D eigenvalue weighted by atomic mass is 9.96. The Balaban J connectivity index is 1.72. The van der Waals surface area contributed by atoms with Crippen LogP contribution in [0.5, 0.6) is 0 Å². The molecule has 1 saturated heterocycles. The molecule has 1 aromatic carbocycles. The molecule has 0 atom stereocenters. The fourth-order valence-electron chi connectivity index (χ4n) is 3.50. The molecule has 0 unspecified atom stereocenters. The molecular formula is C19H24N4O4. The first-order valence-electron chi connectivity index (χ1n) is 8.98. The highest BCUT2D eigenvalue weighted by Crippen LogP contribution is 2.31. The van der Waals surface area contributed by atoms with Crippen LogP contribution < -0.4 is 11.1 Å². The molecule has 0 aliphatic carbocycles. The van der Waals surface area contributed by atoms with Crippen LogP contribution in [0.4, 0.5) is 10.5 Å². The molecule has 2 aliphatic heterocycles. The zero-order valence-electron chi connectivity index (χ0n) is 15.7. The van der Waals surface area contributed by atoms with Gasteiger partial charge in [-0.1, -0.05) is 0 Å². The normalized spacial score (nSPS) is 17.9. The highest BCUT2D eigenvalue weighted by molar-refractivity contribution is 6.22. The van der Waals surface area contributed by atoms with Gasteiger partial charge in [-0.15, -0.1) is 0 Å². The van der Waals surface area contributed by atoms with Gasteiger partial charge in [-0.05, 0) is 51.8 Å². The van der Waals surface area contributed by atoms with Crippen LogP contribution in [0.15, 0.2) is 18.2 Å². The van der Waals surface area contributed by atoms with E-state index in [0.717, 1.165) is 0 Å². The molecule has 0 saturated carbocycles. The number of imide groups is 1. The van der Waals surface area contributed by atoms with Gasteiger partial charge in [0, 0.05) is 30.2 Å². The SMILES string of the molecule is CC(C)(C)N1C(=O)c2ccc(NC(=O)N3CCC(C(N)=O)CC3)cc2C1=O. The van der Waals surface area contributed by atoms with E-state index in [1.807, 2.05) is 0 Å². The Kier molecular flexibility index (Phi) is 4.67. The van der Waals surface area contributed by atoms with Crippen LogP contribution in [0.1, 0.15) is 54.3 Å². The predicted molar refractivity (Wildman–Crippen MR) is 99.2 cm³/mol. The van der Waals surface area contributed by atoms with Crippen LogP contribution in [0.2, 0.25) is 0 Å². The summed E-state index contributed by atoms with van der Waals surface area (Å²) in [6.07, 6.45) is 1.08. The lowest BCUT2D eigenvalue weighted by molar-refractivity contribution is -0.122. The van der Waals surface area contributed by atoms with E-state index in [1.165, 1.54) is 11.0 Å². The highest BCUT2D eigenvalue weighted by atomic mass is 16.2. The molecule has 1 fully saturated rings. The molecule has 1 aromatic rings. The number of primary amides is 1. The summed E-state index contributed by atoms with van der Waals surface area (Å²) in [4.78, 5) is 51.6. The van der Waals surface area contributed by atoms with E-state index in [-0.39, 0.29) is 29.7 Å². The number of piperidine rings is 1. The third-order valence-electron chi connectivity index (χ3n) is 4.99. The molecular weight excluding hydrogens is 348 g/mol. The number of anilines is 1. The first kappa shape index (κ1) is 18.9. The maximum absolute atomic E-state index is 12.6. The molecule has 144 valence electrons. The number of fused-ring (bicyclic) bond motifs is 1. The molecule has 3 rings (SSSR count). The van der Waals surface area contributed by atoms with Crippen LogP contribution in [0, 0.1) is 5.92 Å². The number of nitrogens with zero attached hydrogens (tertiary/aromatic N) is 2. The van der Waals surface area contributed by atoms with Gasteiger partial charge in [0.25, 0.3) is 11.8 Å². The summed E-state index contributed by atoms with van der Waals surface area (Å²) in [6, 6.07) is 4.41. The molecule has 2 aliphatic rings. The van der Waals surface area contributed by atoms with Gasteiger partial charge in [-0.25, -0.2) is 4.79 Å². The van der Waals surface area contributed by atoms with Crippen molar-refractivity contribution in [3.05, 3.63) is 29.3 Å². The van der Waals surface area contributed by atoms with Gasteiger partial charge in [-0.2, -0.15) is 0 Å². The minimum absolute atomic E-state index is 0.193. The number of nitrogens with one attached hydrogen (secondary N) is 1. The van der Waals surface area contributed by atoms with E-state index >= 15 is 0 Å². The number of nitrogens with two attached hydrogens (primary N) is 1. The van der Waals surface area contributed by atoms with Crippen LogP contribution in [0.3, 0.4) is 0 Å². The smallest absolute Gasteiger partial charge is 0.321 e. The largest absolute Gasteiger partial charge is 0.369 e. The summed E-state index contributed by atoms with van der Waals surface area (Å²) in [5, 5.41) is 2.76. The number of carbonyl (C=O) groups excluding carboxylic acids is 4. The molecule has 0 radical (unpaired) electrons. The molecule has 2 heterocycles. The van der Waals surface area contributed by atoms with Crippen molar-refractivity contribution >= 4 is 29.4 Å². The zero-order valence-corrected chi connectivity index (χ0v) is 15.7. The molecule has 8 nitrogen and oxygen atoms in total. The minimum Gasteiger partial charge on any atom is -0.369 e. The van der Waals surface area contributed by atoms with Crippen LogP contribution in [-0.4, -0.2) is 52.2 Å². The first-order chi connectivity index (χ1) is 12.6. The molecule has 0 bridgehead atoms. The van der Waals surface area contributed by atoms with E-state index in [0.29, 0.717) is 42.7 Å². The molecule has 27 heavy (non-hydrogen) atoms. The first-order valence-corrected chi connectivity index (χ1v) is 8.98. The van der Waals surface area contributed by atoms with Crippen LogP contribution in [-0.2, 0) is 4.79 Å². The quantitative estimate of drug-likeness (QED) is 0.771. The number of carbonyl (C=O) groups is 4. The lowest BCUT2D eigenvalue weighted by Gasteiger charge is -2.30. The number of likely N-dealkylation sites (tertiary alicyclic amines) is 1. The maximum Gasteiger partial charge on any atom is 0.321 e. The van der Waals surface area contributed by atoms with Crippen molar-refractivity contribution in [2.75, 3.05) is 18.4 Å². The molecule has 0 aromatic heterocycles. The lowest BCUT2D eigenvalue weighted by Crippen LogP contribution is -2.45. The fourth-order valence-corrected chi connectivity index (χ4v) is 3.50. The van der Waals surface area contributed by atoms with Gasteiger partial charge in [0.15, 0.2) is 0 Å². The van der Waals surface area contributed by atoms with Crippen molar-refractivity contribution in [2.45, 2.75) is 39.2 Å². The van der Waals surface area contributed by atoms with E-state index in [4.69, 9.17) is 5.73 Å². The Hall–Kier alpha value is -2.90. The van der Waals surface area contributed by atoms with Gasteiger partial charge in [0.2, 0.25) is 5.91 Å². The summed E-state index contributed by atoms with van der Waals surface area (Å²) in [6.45, 7) is 6.28. The van der Waals surface area contributed by atoms with Gasteiger partial charge < -0.3 is 16.0 Å². The number of hydrogen-bond donors (Lipinski definition) is 2. The van der Waals surface area contributed by atoms with Gasteiger partial charge in [0.1, 0.15) is 0 Å². The Labute approximate surface area is 157 Å². The second kappa shape index (κ2) is 6.68. The van der Waals surface area contributed by atoms with Crippen molar-refractivity contribution in [3.8, 4) is 0 Å². The second-order valence-corrected chi connectivity index (χ2v) is 7.97. The van der Waals surface area contributed by atoms with E-state index in [9.17, 15) is 19.2 Å². The predicted octanol–water partition coefficient (Wildman–Crippen LogP) is 1.81. The molecule has 0 spiro atoms. The van der Waals surface area contributed by atoms with Crippen molar-refractivity contribution in [1.82, 2.24) is 9.80 Å². The van der Waals surface area contributed by atoms with Crippen molar-refractivity contribution in [3.63, 3.8) is 0 Å². The molecule has 3 N–H and O–H groups in total. The Morgan fingerprint density at radius 3 is 2.22 bits per heavy atom. The summed E-state index contributed by atoms with van der Waals surface area (Å²) in [7, 11) is 0. The fraction of sp³-hybridized carbons (Fsp3) is 0.474. The summed E-state index contributed by atoms with van der Waals surface area (Å²) in [5.41, 5.74) is 5.77. The van der Waals surface area contributed by atoms with Crippen molar-refractivity contribution < 1.29 is 19.2 Å². The highest BCUT2D eigenvalue weighted by Gasteiger charge is 2.42. The number of amides is 5. The average molecular weight is 372 g/mol. The molecule has 8 heteroatoms. The summed E-state index contributed by atoms with van der Waals surface area (Å²) < 4.78 is 0. The van der Waals surface area contributed by atoms with Gasteiger partial charge in [-0.3, -0.25) is 19.3 Å². The number of hydrogen-bond acceptors (Lipinski definition) is 4. The van der Waals surface area contributed by atoms with Crippen molar-refractivity contribution in [1.29, 1.82) is 0 Å². The van der Waals surface area contributed by atoms with Gasteiger partial charge in [0.05, 0.1) is 11.1 Å². The topological polar surface area (TPSA) is 113 Å². The summed E-state index contributed by atoms with van der Waals surface area (Å²) >= 11 is 0. The molecule has 5 amide bonds. The minimum atomic E-state index is -0.624. The van der Waals surface area contributed by atoms with Crippen molar-refractivity contribution in [2.24, 2.45) is 11.7 Å². The van der Waals surface area contributed by atoms with E-state index < -0.39 is 5.54 Å². The maximum atomic E-state index is 12.6. The van der Waals surface area contributed by atoms with Crippen LogP contribution in [0.25, 0.3) is 0 Å². The van der Waals surface area contributed by atoms with E-state index in [1.54, 1.807) is 37.8 Å². The van der Waals surface area contributed by atoms with E-state index in [2.05, 4.69) is 5.32 Å². The van der Waals surface area contributed by atoms with Gasteiger partial charge >= 0.3 is 6.03 Å².